The molecule has 0 aromatic heterocycles. The standard InChI is InChI=1S/C7H14O3/c1-7(2)4-10-3-5(8)6(7)9/h5-6,8-9H,3-4H2,1-2H3. The lowest BCUT2D eigenvalue weighted by Crippen LogP contribution is -2.49. The zero-order valence-electron chi connectivity index (χ0n) is 6.37. The van der Waals surface area contributed by atoms with Crippen LogP contribution in [0.25, 0.3) is 0 Å². The molecule has 0 aromatic rings. The molecule has 1 fully saturated rings. The maximum atomic E-state index is 9.38. The molecule has 3 heteroatoms. The van der Waals surface area contributed by atoms with E-state index < -0.39 is 12.2 Å². The van der Waals surface area contributed by atoms with Crippen molar-refractivity contribution >= 4 is 0 Å². The van der Waals surface area contributed by atoms with E-state index in [9.17, 15) is 5.11 Å². The monoisotopic (exact) mass is 146 g/mol. The quantitative estimate of drug-likeness (QED) is 0.496. The molecule has 1 heterocycles. The van der Waals surface area contributed by atoms with Gasteiger partial charge in [0.2, 0.25) is 0 Å². The largest absolute Gasteiger partial charge is 0.390 e. The zero-order valence-corrected chi connectivity index (χ0v) is 6.37. The second-order valence-corrected chi connectivity index (χ2v) is 3.52. The van der Waals surface area contributed by atoms with E-state index in [4.69, 9.17) is 9.84 Å². The number of aliphatic hydroxyl groups excluding tert-OH is 2. The molecule has 0 radical (unpaired) electrons. The van der Waals surface area contributed by atoms with Crippen LogP contribution in [0.4, 0.5) is 0 Å². The Kier molecular flexibility index (Phi) is 1.99. The highest BCUT2D eigenvalue weighted by Crippen LogP contribution is 2.27. The van der Waals surface area contributed by atoms with Crippen LogP contribution in [-0.4, -0.2) is 35.6 Å². The first-order valence-electron chi connectivity index (χ1n) is 3.48. The van der Waals surface area contributed by atoms with Gasteiger partial charge in [0.05, 0.1) is 19.3 Å². The first-order valence-corrected chi connectivity index (χ1v) is 3.48. The topological polar surface area (TPSA) is 49.7 Å². The van der Waals surface area contributed by atoms with Gasteiger partial charge < -0.3 is 14.9 Å². The van der Waals surface area contributed by atoms with Gasteiger partial charge in [-0.1, -0.05) is 13.8 Å². The van der Waals surface area contributed by atoms with E-state index in [1.165, 1.54) is 0 Å². The summed E-state index contributed by atoms with van der Waals surface area (Å²) in [5.74, 6) is 0. The fraction of sp³-hybridized carbons (Fsp3) is 1.00. The summed E-state index contributed by atoms with van der Waals surface area (Å²) in [7, 11) is 0. The van der Waals surface area contributed by atoms with E-state index in [0.717, 1.165) is 0 Å². The minimum atomic E-state index is -0.719. The smallest absolute Gasteiger partial charge is 0.104 e. The summed E-state index contributed by atoms with van der Waals surface area (Å²) in [6, 6.07) is 0. The maximum absolute atomic E-state index is 9.38. The fourth-order valence-corrected chi connectivity index (χ4v) is 1.14. The van der Waals surface area contributed by atoms with Gasteiger partial charge in [0.15, 0.2) is 0 Å². The fourth-order valence-electron chi connectivity index (χ4n) is 1.14. The highest BCUT2D eigenvalue weighted by molar-refractivity contribution is 4.86. The third-order valence-electron chi connectivity index (χ3n) is 1.93. The normalized spacial score (nSPS) is 39.6. The van der Waals surface area contributed by atoms with Crippen LogP contribution in [0.15, 0.2) is 0 Å². The van der Waals surface area contributed by atoms with Crippen molar-refractivity contribution in [3.05, 3.63) is 0 Å². The van der Waals surface area contributed by atoms with Gasteiger partial charge in [-0.05, 0) is 0 Å². The second-order valence-electron chi connectivity index (χ2n) is 3.52. The Hall–Kier alpha value is -0.120. The van der Waals surface area contributed by atoms with Gasteiger partial charge in [0.25, 0.3) is 0 Å². The Bertz CT molecular complexity index is 122. The lowest BCUT2D eigenvalue weighted by atomic mass is 9.83. The van der Waals surface area contributed by atoms with E-state index in [1.807, 2.05) is 13.8 Å². The summed E-state index contributed by atoms with van der Waals surface area (Å²) in [5.41, 5.74) is -0.308. The summed E-state index contributed by atoms with van der Waals surface area (Å²) in [6.07, 6.45) is -1.37. The number of aliphatic hydroxyl groups is 2. The SMILES string of the molecule is CC1(C)COCC(O)C1O. The van der Waals surface area contributed by atoms with Crippen LogP contribution in [0, 0.1) is 5.41 Å². The Balaban J connectivity index is 2.60. The molecule has 1 aliphatic heterocycles. The van der Waals surface area contributed by atoms with E-state index in [-0.39, 0.29) is 12.0 Å². The summed E-state index contributed by atoms with van der Waals surface area (Å²) in [4.78, 5) is 0. The predicted molar refractivity (Wildman–Crippen MR) is 36.6 cm³/mol. The molecule has 1 saturated heterocycles. The van der Waals surface area contributed by atoms with Gasteiger partial charge >= 0.3 is 0 Å². The lowest BCUT2D eigenvalue weighted by Gasteiger charge is -2.37. The molecule has 0 saturated carbocycles. The Morgan fingerprint density at radius 1 is 1.40 bits per heavy atom. The van der Waals surface area contributed by atoms with Crippen LogP contribution in [0.1, 0.15) is 13.8 Å². The summed E-state index contributed by atoms with van der Waals surface area (Å²) >= 11 is 0. The van der Waals surface area contributed by atoms with Gasteiger partial charge in [-0.3, -0.25) is 0 Å². The molecule has 2 N–H and O–H groups in total. The van der Waals surface area contributed by atoms with Gasteiger partial charge in [-0.15, -0.1) is 0 Å². The summed E-state index contributed by atoms with van der Waals surface area (Å²) in [5, 5.41) is 18.5. The minimum Gasteiger partial charge on any atom is -0.390 e. The molecule has 1 rings (SSSR count). The molecule has 0 spiro atoms. The van der Waals surface area contributed by atoms with Gasteiger partial charge in [0.1, 0.15) is 6.10 Å². The third-order valence-corrected chi connectivity index (χ3v) is 1.93. The van der Waals surface area contributed by atoms with Crippen LogP contribution >= 0.6 is 0 Å². The van der Waals surface area contributed by atoms with Gasteiger partial charge in [0, 0.05) is 5.41 Å². The van der Waals surface area contributed by atoms with Crippen molar-refractivity contribution in [1.29, 1.82) is 0 Å². The average Bonchev–Trinajstić information content (AvgIpc) is 1.83. The molecule has 0 aliphatic carbocycles. The number of hydrogen-bond donors (Lipinski definition) is 2. The predicted octanol–water partition coefficient (Wildman–Crippen LogP) is -0.235. The van der Waals surface area contributed by atoms with Crippen LogP contribution in [0.2, 0.25) is 0 Å². The molecule has 2 atom stereocenters. The molecule has 0 aromatic carbocycles. The van der Waals surface area contributed by atoms with Crippen LogP contribution < -0.4 is 0 Å². The molecule has 2 unspecified atom stereocenters. The molecular formula is C7H14O3. The number of ether oxygens (including phenoxy) is 1. The van der Waals surface area contributed by atoms with Gasteiger partial charge in [-0.2, -0.15) is 0 Å². The molecule has 0 bridgehead atoms. The molecule has 60 valence electrons. The third kappa shape index (κ3) is 1.31. The van der Waals surface area contributed by atoms with Gasteiger partial charge in [-0.25, -0.2) is 0 Å². The molecule has 0 amide bonds. The molecule has 1 aliphatic rings. The van der Waals surface area contributed by atoms with Crippen LogP contribution in [0.3, 0.4) is 0 Å². The summed E-state index contributed by atoms with van der Waals surface area (Å²) in [6.45, 7) is 4.52. The van der Waals surface area contributed by atoms with Crippen LogP contribution in [-0.2, 0) is 4.74 Å². The first-order chi connectivity index (χ1) is 4.54. The van der Waals surface area contributed by atoms with Crippen molar-refractivity contribution in [2.24, 2.45) is 5.41 Å². The van der Waals surface area contributed by atoms with Crippen molar-refractivity contribution < 1.29 is 14.9 Å². The maximum Gasteiger partial charge on any atom is 0.104 e. The Morgan fingerprint density at radius 3 is 2.40 bits per heavy atom. The van der Waals surface area contributed by atoms with E-state index in [0.29, 0.717) is 6.61 Å². The van der Waals surface area contributed by atoms with E-state index >= 15 is 0 Å². The van der Waals surface area contributed by atoms with Crippen molar-refractivity contribution in [3.63, 3.8) is 0 Å². The van der Waals surface area contributed by atoms with Crippen LogP contribution in [0.5, 0.6) is 0 Å². The number of rotatable bonds is 0. The Morgan fingerprint density at radius 2 is 2.00 bits per heavy atom. The van der Waals surface area contributed by atoms with E-state index in [2.05, 4.69) is 0 Å². The lowest BCUT2D eigenvalue weighted by molar-refractivity contribution is -0.153. The molecule has 3 nitrogen and oxygen atoms in total. The molecular weight excluding hydrogens is 132 g/mol. The van der Waals surface area contributed by atoms with Crippen molar-refractivity contribution in [1.82, 2.24) is 0 Å². The second kappa shape index (κ2) is 2.49. The number of hydrogen-bond acceptors (Lipinski definition) is 3. The summed E-state index contributed by atoms with van der Waals surface area (Å²) < 4.78 is 5.06. The van der Waals surface area contributed by atoms with Crippen molar-refractivity contribution in [2.45, 2.75) is 26.1 Å². The minimum absolute atomic E-state index is 0.255. The average molecular weight is 146 g/mol. The first kappa shape index (κ1) is 7.98. The zero-order chi connectivity index (χ0) is 7.78. The highest BCUT2D eigenvalue weighted by atomic mass is 16.5. The Labute approximate surface area is 60.6 Å². The molecule has 10 heavy (non-hydrogen) atoms. The van der Waals surface area contributed by atoms with Crippen molar-refractivity contribution in [3.8, 4) is 0 Å². The highest BCUT2D eigenvalue weighted by Gasteiger charge is 2.37. The van der Waals surface area contributed by atoms with Crippen molar-refractivity contribution in [2.75, 3.05) is 13.2 Å². The van der Waals surface area contributed by atoms with E-state index in [1.54, 1.807) is 0 Å².